The third-order valence-corrected chi connectivity index (χ3v) is 3.86. The van der Waals surface area contributed by atoms with Crippen LogP contribution in [0.15, 0.2) is 42.5 Å². The van der Waals surface area contributed by atoms with Crippen LogP contribution in [0.4, 0.5) is 0 Å². The van der Waals surface area contributed by atoms with Crippen LogP contribution in [-0.2, 0) is 6.42 Å². The maximum absolute atomic E-state index is 5.58. The summed E-state index contributed by atoms with van der Waals surface area (Å²) in [6, 6.07) is 15.0. The summed E-state index contributed by atoms with van der Waals surface area (Å²) in [6.07, 6.45) is 1.00. The minimum Gasteiger partial charge on any atom is -0.494 e. The molecule has 0 saturated heterocycles. The average Bonchev–Trinajstić information content (AvgIpc) is 2.98. The van der Waals surface area contributed by atoms with Gasteiger partial charge in [-0.2, -0.15) is 0 Å². The summed E-state index contributed by atoms with van der Waals surface area (Å²) in [6.45, 7) is 3.49. The molecule has 3 heteroatoms. The lowest BCUT2D eigenvalue weighted by Gasteiger charge is -2.18. The van der Waals surface area contributed by atoms with Crippen molar-refractivity contribution < 1.29 is 9.47 Å². The predicted molar refractivity (Wildman–Crippen MR) is 84.2 cm³/mol. The molecule has 2 aromatic rings. The number of hydrogen-bond donors (Lipinski definition) is 1. The van der Waals surface area contributed by atoms with E-state index in [1.807, 2.05) is 26.1 Å². The van der Waals surface area contributed by atoms with Gasteiger partial charge in [0.15, 0.2) is 0 Å². The van der Waals surface area contributed by atoms with Crippen molar-refractivity contribution in [3.63, 3.8) is 0 Å². The van der Waals surface area contributed by atoms with Gasteiger partial charge in [-0.05, 0) is 48.9 Å². The molecule has 2 aromatic carbocycles. The first-order valence-corrected chi connectivity index (χ1v) is 7.47. The van der Waals surface area contributed by atoms with Crippen LogP contribution in [-0.4, -0.2) is 20.3 Å². The third kappa shape index (κ3) is 2.88. The van der Waals surface area contributed by atoms with E-state index in [4.69, 9.17) is 9.47 Å². The van der Waals surface area contributed by atoms with Crippen molar-refractivity contribution in [2.75, 3.05) is 20.3 Å². The zero-order valence-corrected chi connectivity index (χ0v) is 12.6. The third-order valence-electron chi connectivity index (χ3n) is 3.86. The second kappa shape index (κ2) is 6.19. The van der Waals surface area contributed by atoms with Crippen LogP contribution in [0.1, 0.15) is 29.7 Å². The van der Waals surface area contributed by atoms with E-state index in [0.29, 0.717) is 6.61 Å². The zero-order chi connectivity index (χ0) is 14.7. The second-order valence-corrected chi connectivity index (χ2v) is 5.19. The van der Waals surface area contributed by atoms with Crippen molar-refractivity contribution in [3.05, 3.63) is 59.2 Å². The summed E-state index contributed by atoms with van der Waals surface area (Å²) in [4.78, 5) is 0. The molecule has 0 radical (unpaired) electrons. The van der Waals surface area contributed by atoms with E-state index >= 15 is 0 Å². The molecule has 110 valence electrons. The molecule has 0 aromatic heterocycles. The summed E-state index contributed by atoms with van der Waals surface area (Å²) in [5.41, 5.74) is 3.81. The van der Waals surface area contributed by atoms with E-state index in [0.717, 1.165) is 24.5 Å². The number of hydrogen-bond acceptors (Lipinski definition) is 3. The molecular formula is C18H21NO2. The predicted octanol–water partition coefficient (Wildman–Crippen LogP) is 3.33. The fourth-order valence-electron chi connectivity index (χ4n) is 2.84. The molecule has 1 N–H and O–H groups in total. The Morgan fingerprint density at radius 3 is 2.62 bits per heavy atom. The van der Waals surface area contributed by atoms with E-state index in [1.54, 1.807) is 0 Å². The molecule has 0 amide bonds. The molecule has 1 heterocycles. The number of ether oxygens (including phenoxy) is 2. The van der Waals surface area contributed by atoms with Gasteiger partial charge in [0.05, 0.1) is 19.3 Å². The van der Waals surface area contributed by atoms with E-state index < -0.39 is 0 Å². The molecule has 0 saturated carbocycles. The second-order valence-electron chi connectivity index (χ2n) is 5.19. The van der Waals surface area contributed by atoms with Gasteiger partial charge in [0.1, 0.15) is 11.5 Å². The first-order valence-electron chi connectivity index (χ1n) is 7.47. The largest absolute Gasteiger partial charge is 0.494 e. The van der Waals surface area contributed by atoms with E-state index in [-0.39, 0.29) is 6.04 Å². The lowest BCUT2D eigenvalue weighted by Crippen LogP contribution is -2.17. The van der Waals surface area contributed by atoms with Gasteiger partial charge in [-0.25, -0.2) is 0 Å². The SMILES string of the molecule is CCOc1ccc(C(NC)c2ccc3c(c2)CCO3)cc1. The van der Waals surface area contributed by atoms with Crippen molar-refractivity contribution in [2.45, 2.75) is 19.4 Å². The number of fused-ring (bicyclic) bond motifs is 1. The molecule has 0 spiro atoms. The van der Waals surface area contributed by atoms with Gasteiger partial charge in [-0.1, -0.05) is 24.3 Å². The van der Waals surface area contributed by atoms with Gasteiger partial charge >= 0.3 is 0 Å². The molecule has 3 nitrogen and oxygen atoms in total. The summed E-state index contributed by atoms with van der Waals surface area (Å²) in [5, 5.41) is 3.40. The van der Waals surface area contributed by atoms with Gasteiger partial charge in [0.25, 0.3) is 0 Å². The standard InChI is InChI=1S/C18H21NO2/c1-3-20-16-7-4-13(5-8-16)18(19-2)15-6-9-17-14(12-15)10-11-21-17/h4-9,12,18-19H,3,10-11H2,1-2H3. The highest BCUT2D eigenvalue weighted by Crippen LogP contribution is 2.31. The van der Waals surface area contributed by atoms with Crippen LogP contribution < -0.4 is 14.8 Å². The normalized spacial score (nSPS) is 14.4. The van der Waals surface area contributed by atoms with Crippen molar-refractivity contribution >= 4 is 0 Å². The Hall–Kier alpha value is -2.00. The van der Waals surface area contributed by atoms with E-state index in [9.17, 15) is 0 Å². The molecule has 0 aliphatic carbocycles. The Kier molecular flexibility index (Phi) is 4.11. The van der Waals surface area contributed by atoms with E-state index in [2.05, 4.69) is 35.6 Å². The molecule has 1 unspecified atom stereocenters. The van der Waals surface area contributed by atoms with Crippen molar-refractivity contribution in [3.8, 4) is 11.5 Å². The van der Waals surface area contributed by atoms with E-state index in [1.165, 1.54) is 16.7 Å². The maximum atomic E-state index is 5.58. The molecular weight excluding hydrogens is 262 g/mol. The Labute approximate surface area is 125 Å². The average molecular weight is 283 g/mol. The smallest absolute Gasteiger partial charge is 0.122 e. The quantitative estimate of drug-likeness (QED) is 0.913. The van der Waals surface area contributed by atoms with Crippen LogP contribution >= 0.6 is 0 Å². The molecule has 21 heavy (non-hydrogen) atoms. The zero-order valence-electron chi connectivity index (χ0n) is 12.6. The molecule has 1 aliphatic rings. The summed E-state index contributed by atoms with van der Waals surface area (Å²) >= 11 is 0. The molecule has 0 fully saturated rings. The summed E-state index contributed by atoms with van der Waals surface area (Å²) in [5.74, 6) is 1.94. The molecule has 3 rings (SSSR count). The van der Waals surface area contributed by atoms with Crippen LogP contribution in [0.25, 0.3) is 0 Å². The Bertz CT molecular complexity index is 607. The summed E-state index contributed by atoms with van der Waals surface area (Å²) < 4.78 is 11.1. The first kappa shape index (κ1) is 14.0. The lowest BCUT2D eigenvalue weighted by atomic mass is 9.96. The van der Waals surface area contributed by atoms with Gasteiger partial charge in [-0.15, -0.1) is 0 Å². The highest BCUT2D eigenvalue weighted by molar-refractivity contribution is 5.43. The molecule has 1 aliphatic heterocycles. The summed E-state index contributed by atoms with van der Waals surface area (Å²) in [7, 11) is 1.99. The minimum absolute atomic E-state index is 0.187. The minimum atomic E-state index is 0.187. The maximum Gasteiger partial charge on any atom is 0.122 e. The first-order chi connectivity index (χ1) is 10.3. The van der Waals surface area contributed by atoms with Crippen LogP contribution in [0.5, 0.6) is 11.5 Å². The van der Waals surface area contributed by atoms with Crippen LogP contribution in [0.3, 0.4) is 0 Å². The Balaban J connectivity index is 1.87. The number of benzene rings is 2. The highest BCUT2D eigenvalue weighted by Gasteiger charge is 2.17. The monoisotopic (exact) mass is 283 g/mol. The fourth-order valence-corrected chi connectivity index (χ4v) is 2.84. The van der Waals surface area contributed by atoms with Crippen molar-refractivity contribution in [2.24, 2.45) is 0 Å². The van der Waals surface area contributed by atoms with Crippen LogP contribution in [0.2, 0.25) is 0 Å². The van der Waals surface area contributed by atoms with Gasteiger partial charge in [0.2, 0.25) is 0 Å². The Morgan fingerprint density at radius 2 is 1.90 bits per heavy atom. The van der Waals surface area contributed by atoms with Crippen LogP contribution in [0, 0.1) is 0 Å². The highest BCUT2D eigenvalue weighted by atomic mass is 16.5. The Morgan fingerprint density at radius 1 is 1.14 bits per heavy atom. The van der Waals surface area contributed by atoms with Crippen molar-refractivity contribution in [1.29, 1.82) is 0 Å². The number of rotatable bonds is 5. The molecule has 1 atom stereocenters. The van der Waals surface area contributed by atoms with Gasteiger partial charge in [-0.3, -0.25) is 0 Å². The van der Waals surface area contributed by atoms with Gasteiger partial charge in [0, 0.05) is 6.42 Å². The van der Waals surface area contributed by atoms with Gasteiger partial charge < -0.3 is 14.8 Å². The molecule has 0 bridgehead atoms. The lowest BCUT2D eigenvalue weighted by molar-refractivity contribution is 0.340. The van der Waals surface area contributed by atoms with Crippen molar-refractivity contribution in [1.82, 2.24) is 5.32 Å². The number of nitrogens with one attached hydrogen (secondary N) is 1. The fraction of sp³-hybridized carbons (Fsp3) is 0.333. The topological polar surface area (TPSA) is 30.5 Å².